The van der Waals surface area contributed by atoms with Crippen molar-refractivity contribution < 1.29 is 0 Å². The van der Waals surface area contributed by atoms with E-state index in [-0.39, 0.29) is 6.04 Å². The Hall–Kier alpha value is -0.890. The summed E-state index contributed by atoms with van der Waals surface area (Å²) in [4.78, 5) is 4.04. The van der Waals surface area contributed by atoms with E-state index >= 15 is 0 Å². The molecular formula is C13H20N2. The highest BCUT2D eigenvalue weighted by atomic mass is 14.7. The van der Waals surface area contributed by atoms with Crippen LogP contribution in [0.2, 0.25) is 0 Å². The molecule has 1 saturated carbocycles. The molecule has 0 radical (unpaired) electrons. The second kappa shape index (κ2) is 5.26. The summed E-state index contributed by atoms with van der Waals surface area (Å²) in [5, 5.41) is 0. The fraction of sp³-hybridized carbons (Fsp3) is 0.615. The van der Waals surface area contributed by atoms with E-state index in [1.54, 1.807) is 0 Å². The summed E-state index contributed by atoms with van der Waals surface area (Å²) in [6, 6.07) is 4.32. The van der Waals surface area contributed by atoms with Gasteiger partial charge in [0.1, 0.15) is 0 Å². The fourth-order valence-electron chi connectivity index (χ4n) is 2.53. The normalized spacial score (nSPS) is 20.9. The van der Waals surface area contributed by atoms with Crippen molar-refractivity contribution in [1.82, 2.24) is 4.98 Å². The van der Waals surface area contributed by atoms with Gasteiger partial charge in [0.15, 0.2) is 0 Å². The third-order valence-corrected chi connectivity index (χ3v) is 3.50. The number of hydrogen-bond donors (Lipinski definition) is 1. The van der Waals surface area contributed by atoms with Crippen LogP contribution in [-0.2, 0) is 0 Å². The maximum absolute atomic E-state index is 6.31. The standard InChI is InChI=1S/C13H20N2/c14-13(12-7-9-15-10-8-12)11-5-3-1-2-4-6-11/h7-11,13H,1-6,14H2/t13-/m1/s1. The zero-order valence-corrected chi connectivity index (χ0v) is 9.23. The molecule has 1 fully saturated rings. The van der Waals surface area contributed by atoms with E-state index in [9.17, 15) is 0 Å². The van der Waals surface area contributed by atoms with Gasteiger partial charge in [0.25, 0.3) is 0 Å². The summed E-state index contributed by atoms with van der Waals surface area (Å²) in [5.41, 5.74) is 7.56. The van der Waals surface area contributed by atoms with Crippen LogP contribution in [-0.4, -0.2) is 4.98 Å². The Bertz CT molecular complexity index is 276. The lowest BCUT2D eigenvalue weighted by molar-refractivity contribution is 0.382. The highest BCUT2D eigenvalue weighted by Gasteiger charge is 2.20. The van der Waals surface area contributed by atoms with Crippen LogP contribution in [0.4, 0.5) is 0 Å². The largest absolute Gasteiger partial charge is 0.324 e. The first-order valence-electron chi connectivity index (χ1n) is 6.03. The highest BCUT2D eigenvalue weighted by Crippen LogP contribution is 2.31. The van der Waals surface area contributed by atoms with Crippen molar-refractivity contribution in [3.63, 3.8) is 0 Å². The summed E-state index contributed by atoms with van der Waals surface area (Å²) in [7, 11) is 0. The summed E-state index contributed by atoms with van der Waals surface area (Å²) in [6.07, 6.45) is 11.7. The number of rotatable bonds is 2. The topological polar surface area (TPSA) is 38.9 Å². The molecule has 1 atom stereocenters. The molecule has 2 nitrogen and oxygen atoms in total. The smallest absolute Gasteiger partial charge is 0.0324 e. The van der Waals surface area contributed by atoms with Crippen LogP contribution in [0.1, 0.15) is 50.1 Å². The molecule has 0 unspecified atom stereocenters. The van der Waals surface area contributed by atoms with Crippen molar-refractivity contribution >= 4 is 0 Å². The van der Waals surface area contributed by atoms with Crippen LogP contribution >= 0.6 is 0 Å². The lowest BCUT2D eigenvalue weighted by atomic mass is 9.88. The molecule has 1 heterocycles. The van der Waals surface area contributed by atoms with Crippen molar-refractivity contribution in [3.8, 4) is 0 Å². The van der Waals surface area contributed by atoms with Gasteiger partial charge < -0.3 is 5.73 Å². The monoisotopic (exact) mass is 204 g/mol. The SMILES string of the molecule is N[C@@H](c1ccncc1)C1CCCCCC1. The molecule has 0 amide bonds. The average Bonchev–Trinajstić information content (AvgIpc) is 2.58. The second-order valence-corrected chi connectivity index (χ2v) is 4.56. The molecule has 1 aromatic rings. The van der Waals surface area contributed by atoms with E-state index in [1.807, 2.05) is 12.4 Å². The van der Waals surface area contributed by atoms with E-state index in [0.717, 1.165) is 0 Å². The van der Waals surface area contributed by atoms with Gasteiger partial charge >= 0.3 is 0 Å². The van der Waals surface area contributed by atoms with Gasteiger partial charge in [-0.25, -0.2) is 0 Å². The Morgan fingerprint density at radius 3 is 2.27 bits per heavy atom. The molecule has 1 aliphatic carbocycles. The van der Waals surface area contributed by atoms with Gasteiger partial charge in [-0.3, -0.25) is 4.98 Å². The minimum Gasteiger partial charge on any atom is -0.324 e. The molecule has 2 N–H and O–H groups in total. The first-order chi connectivity index (χ1) is 7.38. The zero-order valence-electron chi connectivity index (χ0n) is 9.23. The third-order valence-electron chi connectivity index (χ3n) is 3.50. The van der Waals surface area contributed by atoms with Crippen molar-refractivity contribution in [1.29, 1.82) is 0 Å². The molecule has 0 bridgehead atoms. The molecule has 1 aromatic heterocycles. The molecule has 0 spiro atoms. The van der Waals surface area contributed by atoms with Crippen LogP contribution in [0.15, 0.2) is 24.5 Å². The lowest BCUT2D eigenvalue weighted by Crippen LogP contribution is -2.21. The minimum absolute atomic E-state index is 0.214. The van der Waals surface area contributed by atoms with Crippen LogP contribution in [0.25, 0.3) is 0 Å². The number of hydrogen-bond acceptors (Lipinski definition) is 2. The number of nitrogens with two attached hydrogens (primary N) is 1. The van der Waals surface area contributed by atoms with Gasteiger partial charge in [0.2, 0.25) is 0 Å². The summed E-state index contributed by atoms with van der Waals surface area (Å²) in [5.74, 6) is 0.676. The highest BCUT2D eigenvalue weighted by molar-refractivity contribution is 5.15. The van der Waals surface area contributed by atoms with Crippen molar-refractivity contribution in [3.05, 3.63) is 30.1 Å². The van der Waals surface area contributed by atoms with Gasteiger partial charge in [-0.15, -0.1) is 0 Å². The predicted molar refractivity (Wildman–Crippen MR) is 62.4 cm³/mol. The van der Waals surface area contributed by atoms with Crippen molar-refractivity contribution in [2.75, 3.05) is 0 Å². The van der Waals surface area contributed by atoms with E-state index in [0.29, 0.717) is 5.92 Å². The Morgan fingerprint density at radius 2 is 1.67 bits per heavy atom. The summed E-state index contributed by atoms with van der Waals surface area (Å²) < 4.78 is 0. The fourth-order valence-corrected chi connectivity index (χ4v) is 2.53. The first kappa shape index (κ1) is 10.6. The molecule has 82 valence electrons. The molecule has 0 saturated heterocycles. The van der Waals surface area contributed by atoms with Crippen molar-refractivity contribution in [2.24, 2.45) is 11.7 Å². The Kier molecular flexibility index (Phi) is 3.73. The Labute approximate surface area is 91.9 Å². The van der Waals surface area contributed by atoms with Crippen molar-refractivity contribution in [2.45, 2.75) is 44.6 Å². The van der Waals surface area contributed by atoms with Crippen LogP contribution in [0.3, 0.4) is 0 Å². The molecular weight excluding hydrogens is 184 g/mol. The number of pyridine rings is 1. The van der Waals surface area contributed by atoms with E-state index in [4.69, 9.17) is 5.73 Å². The van der Waals surface area contributed by atoms with Gasteiger partial charge in [-0.1, -0.05) is 25.7 Å². The van der Waals surface area contributed by atoms with E-state index < -0.39 is 0 Å². The van der Waals surface area contributed by atoms with Gasteiger partial charge in [0.05, 0.1) is 0 Å². The minimum atomic E-state index is 0.214. The quantitative estimate of drug-likeness (QED) is 0.752. The first-order valence-corrected chi connectivity index (χ1v) is 6.03. The maximum Gasteiger partial charge on any atom is 0.0324 e. The zero-order chi connectivity index (χ0) is 10.5. The summed E-state index contributed by atoms with van der Waals surface area (Å²) in [6.45, 7) is 0. The van der Waals surface area contributed by atoms with E-state index in [1.165, 1.54) is 44.1 Å². The van der Waals surface area contributed by atoms with Gasteiger partial charge in [0, 0.05) is 18.4 Å². The lowest BCUT2D eigenvalue weighted by Gasteiger charge is -2.22. The maximum atomic E-state index is 6.31. The molecule has 15 heavy (non-hydrogen) atoms. The molecule has 1 aliphatic rings. The van der Waals surface area contributed by atoms with E-state index in [2.05, 4.69) is 17.1 Å². The average molecular weight is 204 g/mol. The third kappa shape index (κ3) is 2.78. The Morgan fingerprint density at radius 1 is 1.07 bits per heavy atom. The Balaban J connectivity index is 2.03. The van der Waals surface area contributed by atoms with Crippen LogP contribution in [0, 0.1) is 5.92 Å². The van der Waals surface area contributed by atoms with Gasteiger partial charge in [-0.2, -0.15) is 0 Å². The van der Waals surface area contributed by atoms with Crippen LogP contribution < -0.4 is 5.73 Å². The number of aromatic nitrogens is 1. The van der Waals surface area contributed by atoms with Crippen LogP contribution in [0.5, 0.6) is 0 Å². The predicted octanol–water partition coefficient (Wildman–Crippen LogP) is 3.05. The molecule has 0 aliphatic heterocycles. The second-order valence-electron chi connectivity index (χ2n) is 4.56. The molecule has 0 aromatic carbocycles. The summed E-state index contributed by atoms with van der Waals surface area (Å²) >= 11 is 0. The molecule has 2 heteroatoms. The van der Waals surface area contributed by atoms with Gasteiger partial charge in [-0.05, 0) is 36.5 Å². The molecule has 2 rings (SSSR count). The number of nitrogens with zero attached hydrogens (tertiary/aromatic N) is 1.